The zero-order valence-electron chi connectivity index (χ0n) is 11.0. The van der Waals surface area contributed by atoms with Crippen LogP contribution in [0.1, 0.15) is 0 Å². The topological polar surface area (TPSA) is 99.4 Å². The minimum atomic E-state index is -4.13. The highest BCUT2D eigenvalue weighted by molar-refractivity contribution is 7.89. The normalized spacial score (nSPS) is 12.6. The molecule has 116 valence electrons. The first-order valence-electron chi connectivity index (χ1n) is 6.12. The van der Waals surface area contributed by atoms with E-state index < -0.39 is 36.1 Å². The van der Waals surface area contributed by atoms with Gasteiger partial charge in [0.05, 0.1) is 13.2 Å². The van der Waals surface area contributed by atoms with Crippen molar-refractivity contribution in [3.8, 4) is 0 Å². The highest BCUT2D eigenvalue weighted by atomic mass is 32.2. The molecule has 0 bridgehead atoms. The summed E-state index contributed by atoms with van der Waals surface area (Å²) in [6, 6.07) is 4.59. The second-order valence-corrected chi connectivity index (χ2v) is 6.34. The number of benzene rings is 1. The number of nitrogens with zero attached hydrogens (tertiary/aromatic N) is 1. The Hall–Kier alpha value is -1.71. The summed E-state index contributed by atoms with van der Waals surface area (Å²) in [4.78, 5) is 2.63. The first-order chi connectivity index (χ1) is 9.86. The van der Waals surface area contributed by atoms with Crippen molar-refractivity contribution in [2.24, 2.45) is 0 Å². The molecule has 1 heterocycles. The number of aromatic amines is 1. The third-order valence-corrected chi connectivity index (χ3v) is 4.88. The van der Waals surface area contributed by atoms with Gasteiger partial charge in [0.1, 0.15) is 4.90 Å². The van der Waals surface area contributed by atoms with Gasteiger partial charge in [-0.05, 0) is 18.2 Å². The molecule has 0 aliphatic rings. The number of hydrogen-bond donors (Lipinski definition) is 3. The standard InChI is InChI=1S/C12H15F2N3O3S/c13-12(14)7-17(3-4-18)21(19,20)11-6-16-10-5-8(15)1-2-9(10)11/h1-2,5-6,12,16,18H,3-4,7,15H2. The lowest BCUT2D eigenvalue weighted by Gasteiger charge is -2.20. The van der Waals surface area contributed by atoms with Crippen molar-refractivity contribution >= 4 is 26.6 Å². The van der Waals surface area contributed by atoms with E-state index in [0.29, 0.717) is 20.9 Å². The van der Waals surface area contributed by atoms with Crippen LogP contribution in [0.25, 0.3) is 10.9 Å². The summed E-state index contributed by atoms with van der Waals surface area (Å²) < 4.78 is 50.5. The van der Waals surface area contributed by atoms with Crippen LogP contribution >= 0.6 is 0 Å². The molecule has 1 aromatic heterocycles. The lowest BCUT2D eigenvalue weighted by Crippen LogP contribution is -2.37. The second-order valence-electron chi connectivity index (χ2n) is 4.44. The molecular formula is C12H15F2N3O3S. The molecular weight excluding hydrogens is 304 g/mol. The Kier molecular flexibility index (Phi) is 4.45. The quantitative estimate of drug-likeness (QED) is 0.692. The van der Waals surface area contributed by atoms with Crippen LogP contribution in [0.2, 0.25) is 0 Å². The van der Waals surface area contributed by atoms with Crippen molar-refractivity contribution < 1.29 is 22.3 Å². The van der Waals surface area contributed by atoms with Crippen molar-refractivity contribution in [1.82, 2.24) is 9.29 Å². The lowest BCUT2D eigenvalue weighted by molar-refractivity contribution is 0.113. The van der Waals surface area contributed by atoms with Gasteiger partial charge in [0.25, 0.3) is 6.43 Å². The molecule has 0 fully saturated rings. The van der Waals surface area contributed by atoms with Crippen LogP contribution < -0.4 is 5.73 Å². The van der Waals surface area contributed by atoms with E-state index in [-0.39, 0.29) is 4.90 Å². The van der Waals surface area contributed by atoms with E-state index in [9.17, 15) is 17.2 Å². The van der Waals surface area contributed by atoms with E-state index in [1.807, 2.05) is 0 Å². The molecule has 0 aliphatic heterocycles. The van der Waals surface area contributed by atoms with Gasteiger partial charge in [0.2, 0.25) is 10.0 Å². The Morgan fingerprint density at radius 1 is 1.38 bits per heavy atom. The number of aliphatic hydroxyl groups excluding tert-OH is 1. The number of nitrogens with one attached hydrogen (secondary N) is 1. The maximum Gasteiger partial charge on any atom is 0.252 e. The summed E-state index contributed by atoms with van der Waals surface area (Å²) >= 11 is 0. The highest BCUT2D eigenvalue weighted by Gasteiger charge is 2.29. The number of anilines is 1. The van der Waals surface area contributed by atoms with Gasteiger partial charge in [0, 0.05) is 29.3 Å². The fraction of sp³-hybridized carbons (Fsp3) is 0.333. The number of aliphatic hydroxyl groups is 1. The molecule has 2 aromatic rings. The average molecular weight is 319 g/mol. The van der Waals surface area contributed by atoms with Gasteiger partial charge in [-0.3, -0.25) is 0 Å². The number of aromatic nitrogens is 1. The zero-order chi connectivity index (χ0) is 15.6. The maximum absolute atomic E-state index is 12.5. The Morgan fingerprint density at radius 2 is 2.10 bits per heavy atom. The Bertz CT molecular complexity index is 730. The fourth-order valence-electron chi connectivity index (χ4n) is 2.04. The maximum atomic E-state index is 12.5. The molecule has 0 unspecified atom stereocenters. The average Bonchev–Trinajstić information content (AvgIpc) is 2.81. The van der Waals surface area contributed by atoms with E-state index in [2.05, 4.69) is 4.98 Å². The Labute approximate surface area is 120 Å². The molecule has 9 heteroatoms. The number of alkyl halides is 2. The minimum absolute atomic E-state index is 0.119. The van der Waals surface area contributed by atoms with Crippen LogP contribution in [-0.4, -0.2) is 48.9 Å². The van der Waals surface area contributed by atoms with Crippen molar-refractivity contribution in [2.75, 3.05) is 25.4 Å². The molecule has 2 rings (SSSR count). The third-order valence-electron chi connectivity index (χ3n) is 2.98. The lowest BCUT2D eigenvalue weighted by atomic mass is 10.2. The number of halogens is 2. The van der Waals surface area contributed by atoms with Gasteiger partial charge >= 0.3 is 0 Å². The Balaban J connectivity index is 2.49. The van der Waals surface area contributed by atoms with Crippen molar-refractivity contribution in [2.45, 2.75) is 11.3 Å². The van der Waals surface area contributed by atoms with E-state index in [1.54, 1.807) is 6.07 Å². The van der Waals surface area contributed by atoms with Crippen LogP contribution in [0.4, 0.5) is 14.5 Å². The van der Waals surface area contributed by atoms with Crippen molar-refractivity contribution in [3.63, 3.8) is 0 Å². The summed E-state index contributed by atoms with van der Waals surface area (Å²) in [5.74, 6) is 0. The summed E-state index contributed by atoms with van der Waals surface area (Å²) in [5.41, 5.74) is 6.55. The predicted molar refractivity (Wildman–Crippen MR) is 74.6 cm³/mol. The fourth-order valence-corrected chi connectivity index (χ4v) is 3.62. The van der Waals surface area contributed by atoms with Gasteiger partial charge in [0.15, 0.2) is 0 Å². The zero-order valence-corrected chi connectivity index (χ0v) is 11.8. The van der Waals surface area contributed by atoms with E-state index >= 15 is 0 Å². The van der Waals surface area contributed by atoms with Gasteiger partial charge in [-0.2, -0.15) is 4.31 Å². The first kappa shape index (κ1) is 15.7. The summed E-state index contributed by atoms with van der Waals surface area (Å²) in [6.07, 6.45) is -1.60. The number of nitrogens with two attached hydrogens (primary N) is 1. The third kappa shape index (κ3) is 3.14. The largest absolute Gasteiger partial charge is 0.399 e. The number of sulfonamides is 1. The van der Waals surface area contributed by atoms with Gasteiger partial charge in [-0.25, -0.2) is 17.2 Å². The molecule has 0 amide bonds. The van der Waals surface area contributed by atoms with Gasteiger partial charge < -0.3 is 15.8 Å². The molecule has 0 radical (unpaired) electrons. The number of H-pyrrole nitrogens is 1. The molecule has 21 heavy (non-hydrogen) atoms. The van der Waals surface area contributed by atoms with Crippen molar-refractivity contribution in [3.05, 3.63) is 24.4 Å². The van der Waals surface area contributed by atoms with Crippen LogP contribution in [0.15, 0.2) is 29.3 Å². The highest BCUT2D eigenvalue weighted by Crippen LogP contribution is 2.27. The van der Waals surface area contributed by atoms with E-state index in [4.69, 9.17) is 10.8 Å². The molecule has 0 saturated carbocycles. The number of nitrogen functional groups attached to an aromatic ring is 1. The number of rotatable bonds is 6. The summed E-state index contributed by atoms with van der Waals surface area (Å²) in [6.45, 7) is -1.90. The second kappa shape index (κ2) is 5.96. The number of hydrogen-bond acceptors (Lipinski definition) is 4. The van der Waals surface area contributed by atoms with Crippen LogP contribution in [-0.2, 0) is 10.0 Å². The first-order valence-corrected chi connectivity index (χ1v) is 7.56. The van der Waals surface area contributed by atoms with E-state index in [0.717, 1.165) is 0 Å². The van der Waals surface area contributed by atoms with Crippen LogP contribution in [0.5, 0.6) is 0 Å². The molecule has 6 nitrogen and oxygen atoms in total. The van der Waals surface area contributed by atoms with Gasteiger partial charge in [-0.15, -0.1) is 0 Å². The van der Waals surface area contributed by atoms with Gasteiger partial charge in [-0.1, -0.05) is 0 Å². The molecule has 4 N–H and O–H groups in total. The molecule has 0 aliphatic carbocycles. The Morgan fingerprint density at radius 3 is 2.71 bits per heavy atom. The molecule has 0 spiro atoms. The van der Waals surface area contributed by atoms with Crippen molar-refractivity contribution in [1.29, 1.82) is 0 Å². The smallest absolute Gasteiger partial charge is 0.252 e. The van der Waals surface area contributed by atoms with Crippen LogP contribution in [0, 0.1) is 0 Å². The summed E-state index contributed by atoms with van der Waals surface area (Å²) in [5, 5.41) is 9.25. The summed E-state index contributed by atoms with van der Waals surface area (Å²) in [7, 11) is -4.13. The molecule has 1 aromatic carbocycles. The SMILES string of the molecule is Nc1ccc2c(S(=O)(=O)N(CCO)CC(F)F)c[nH]c2c1. The van der Waals surface area contributed by atoms with Crippen LogP contribution in [0.3, 0.4) is 0 Å². The van der Waals surface area contributed by atoms with E-state index in [1.165, 1.54) is 18.3 Å². The predicted octanol–water partition coefficient (Wildman–Crippen LogP) is 0.998. The molecule has 0 saturated heterocycles. The monoisotopic (exact) mass is 319 g/mol. The molecule has 0 atom stereocenters. The number of fused-ring (bicyclic) bond motifs is 1. The minimum Gasteiger partial charge on any atom is -0.399 e.